The number of carbonyl (C=O) groups is 1. The highest BCUT2D eigenvalue weighted by molar-refractivity contribution is 5.78. The Balaban J connectivity index is 1.35. The molecule has 2 aromatic rings. The molecule has 0 N–H and O–H groups in total. The van der Waals surface area contributed by atoms with E-state index in [4.69, 9.17) is 9.25 Å². The molecule has 2 aliphatic rings. The fourth-order valence-corrected chi connectivity index (χ4v) is 4.50. The quantitative estimate of drug-likeness (QED) is 0.789. The van der Waals surface area contributed by atoms with Crippen LogP contribution in [0.4, 0.5) is 0 Å². The summed E-state index contributed by atoms with van der Waals surface area (Å²) in [5, 5.41) is 1.57. The minimum Gasteiger partial charge on any atom is -0.449 e. The normalized spacial score (nSPS) is 25.2. The predicted octanol–water partition coefficient (Wildman–Crippen LogP) is 4.25. The SMILES string of the molecule is Cc1cc(C[C@H]2CC[C@H](C(=O)N3OCC[C@H]3c3coc(C)n3)CC2)c(C)cn1. The average molecular weight is 383 g/mol. The van der Waals surface area contributed by atoms with E-state index in [0.717, 1.165) is 49.9 Å². The highest BCUT2D eigenvalue weighted by Crippen LogP contribution is 2.37. The Labute approximate surface area is 166 Å². The lowest BCUT2D eigenvalue weighted by Crippen LogP contribution is -2.37. The van der Waals surface area contributed by atoms with Crippen LogP contribution in [0.25, 0.3) is 0 Å². The van der Waals surface area contributed by atoms with Gasteiger partial charge >= 0.3 is 0 Å². The van der Waals surface area contributed by atoms with E-state index < -0.39 is 0 Å². The molecule has 1 aliphatic carbocycles. The van der Waals surface area contributed by atoms with Gasteiger partial charge in [-0.25, -0.2) is 10.0 Å². The van der Waals surface area contributed by atoms with Crippen molar-refractivity contribution in [2.45, 2.75) is 65.3 Å². The first kappa shape index (κ1) is 19.1. The maximum absolute atomic E-state index is 13.1. The Hall–Kier alpha value is -2.21. The summed E-state index contributed by atoms with van der Waals surface area (Å²) in [7, 11) is 0. The van der Waals surface area contributed by atoms with Crippen molar-refractivity contribution in [2.24, 2.45) is 11.8 Å². The van der Waals surface area contributed by atoms with Crippen molar-refractivity contribution in [1.82, 2.24) is 15.0 Å². The molecule has 2 aromatic heterocycles. The minimum atomic E-state index is -0.120. The van der Waals surface area contributed by atoms with E-state index in [-0.39, 0.29) is 17.9 Å². The van der Waals surface area contributed by atoms with Crippen molar-refractivity contribution in [1.29, 1.82) is 0 Å². The van der Waals surface area contributed by atoms with Crippen molar-refractivity contribution in [3.05, 3.63) is 46.9 Å². The standard InChI is InChI=1S/C22H29N3O3/c1-14-12-23-15(2)10-19(14)11-17-4-6-18(7-5-17)22(26)25-21(8-9-28-25)20-13-27-16(3)24-20/h10,12-13,17-18,21H,4-9,11H2,1-3H3/t17-,18-,21-/m0/s1. The molecule has 1 saturated heterocycles. The summed E-state index contributed by atoms with van der Waals surface area (Å²) in [5.41, 5.74) is 4.52. The largest absolute Gasteiger partial charge is 0.449 e. The number of hydroxylamine groups is 2. The smallest absolute Gasteiger partial charge is 0.249 e. The van der Waals surface area contributed by atoms with Crippen LogP contribution in [0.5, 0.6) is 0 Å². The Kier molecular flexibility index (Phi) is 5.49. The number of aromatic nitrogens is 2. The molecule has 0 bridgehead atoms. The highest BCUT2D eigenvalue weighted by atomic mass is 16.7. The Morgan fingerprint density at radius 1 is 1.18 bits per heavy atom. The summed E-state index contributed by atoms with van der Waals surface area (Å²) in [6, 6.07) is 2.08. The molecule has 1 amide bonds. The lowest BCUT2D eigenvalue weighted by atomic mass is 9.78. The molecule has 6 heteroatoms. The first-order valence-corrected chi connectivity index (χ1v) is 10.3. The van der Waals surface area contributed by atoms with E-state index in [2.05, 4.69) is 23.0 Å². The third-order valence-electron chi connectivity index (χ3n) is 6.16. The van der Waals surface area contributed by atoms with Crippen LogP contribution in [0.2, 0.25) is 0 Å². The van der Waals surface area contributed by atoms with Crippen molar-refractivity contribution in [3.63, 3.8) is 0 Å². The molecule has 0 spiro atoms. The Bertz CT molecular complexity index is 839. The van der Waals surface area contributed by atoms with Crippen LogP contribution in [0.15, 0.2) is 22.9 Å². The highest BCUT2D eigenvalue weighted by Gasteiger charge is 2.38. The van der Waals surface area contributed by atoms with Gasteiger partial charge in [0.05, 0.1) is 6.61 Å². The maximum atomic E-state index is 13.1. The number of hydrogen-bond acceptors (Lipinski definition) is 5. The predicted molar refractivity (Wildman–Crippen MR) is 104 cm³/mol. The molecule has 150 valence electrons. The number of hydrogen-bond donors (Lipinski definition) is 0. The fraction of sp³-hybridized carbons (Fsp3) is 0.591. The number of aryl methyl sites for hydroxylation is 3. The summed E-state index contributed by atoms with van der Waals surface area (Å²) in [6.07, 6.45) is 9.48. The van der Waals surface area contributed by atoms with Crippen molar-refractivity contribution >= 4 is 5.91 Å². The second-order valence-corrected chi connectivity index (χ2v) is 8.27. The number of rotatable bonds is 4. The van der Waals surface area contributed by atoms with Gasteiger partial charge in [-0.1, -0.05) is 0 Å². The zero-order chi connectivity index (χ0) is 19.7. The molecule has 1 aliphatic heterocycles. The molecule has 0 radical (unpaired) electrons. The van der Waals surface area contributed by atoms with Gasteiger partial charge in [0, 0.05) is 31.2 Å². The fourth-order valence-electron chi connectivity index (χ4n) is 4.50. The van der Waals surface area contributed by atoms with Crippen LogP contribution in [-0.4, -0.2) is 27.5 Å². The van der Waals surface area contributed by atoms with E-state index >= 15 is 0 Å². The first-order valence-electron chi connectivity index (χ1n) is 10.3. The third kappa shape index (κ3) is 3.97. The van der Waals surface area contributed by atoms with Crippen molar-refractivity contribution in [2.75, 3.05) is 6.61 Å². The monoisotopic (exact) mass is 383 g/mol. The number of amides is 1. The Morgan fingerprint density at radius 3 is 2.68 bits per heavy atom. The molecule has 0 aromatic carbocycles. The van der Waals surface area contributed by atoms with Crippen LogP contribution in [0, 0.1) is 32.6 Å². The second-order valence-electron chi connectivity index (χ2n) is 8.27. The van der Waals surface area contributed by atoms with Crippen LogP contribution >= 0.6 is 0 Å². The molecule has 1 atom stereocenters. The number of pyridine rings is 1. The number of oxazole rings is 1. The van der Waals surface area contributed by atoms with Crippen molar-refractivity contribution < 1.29 is 14.0 Å². The van der Waals surface area contributed by atoms with Gasteiger partial charge in [0.1, 0.15) is 18.0 Å². The Morgan fingerprint density at radius 2 is 1.96 bits per heavy atom. The zero-order valence-electron chi connectivity index (χ0n) is 17.0. The van der Waals surface area contributed by atoms with Crippen LogP contribution in [-0.2, 0) is 16.1 Å². The zero-order valence-corrected chi connectivity index (χ0v) is 17.0. The number of nitrogens with zero attached hydrogens (tertiary/aromatic N) is 3. The van der Waals surface area contributed by atoms with Crippen molar-refractivity contribution in [3.8, 4) is 0 Å². The second kappa shape index (κ2) is 8.03. The minimum absolute atomic E-state index is 0.0464. The van der Waals surface area contributed by atoms with Gasteiger partial charge in [0.2, 0.25) is 5.91 Å². The lowest BCUT2D eigenvalue weighted by Gasteiger charge is -2.31. The van der Waals surface area contributed by atoms with E-state index in [1.807, 2.05) is 20.0 Å². The molecule has 28 heavy (non-hydrogen) atoms. The van der Waals surface area contributed by atoms with Gasteiger partial charge in [-0.2, -0.15) is 0 Å². The molecular formula is C22H29N3O3. The van der Waals surface area contributed by atoms with Gasteiger partial charge in [0.25, 0.3) is 0 Å². The van der Waals surface area contributed by atoms with E-state index in [1.165, 1.54) is 11.1 Å². The third-order valence-corrected chi connectivity index (χ3v) is 6.16. The van der Waals surface area contributed by atoms with Crippen LogP contribution in [0.3, 0.4) is 0 Å². The van der Waals surface area contributed by atoms with Gasteiger partial charge in [-0.3, -0.25) is 14.6 Å². The lowest BCUT2D eigenvalue weighted by molar-refractivity contribution is -0.183. The summed E-state index contributed by atoms with van der Waals surface area (Å²) in [4.78, 5) is 27.5. The molecule has 2 fully saturated rings. The average Bonchev–Trinajstić information content (AvgIpc) is 3.33. The van der Waals surface area contributed by atoms with Gasteiger partial charge in [-0.05, 0) is 69.1 Å². The van der Waals surface area contributed by atoms with Crippen LogP contribution < -0.4 is 0 Å². The topological polar surface area (TPSA) is 68.5 Å². The molecular weight excluding hydrogens is 354 g/mol. The molecule has 1 saturated carbocycles. The maximum Gasteiger partial charge on any atom is 0.249 e. The van der Waals surface area contributed by atoms with E-state index in [0.29, 0.717) is 18.4 Å². The first-order chi connectivity index (χ1) is 13.5. The molecule has 4 rings (SSSR count). The molecule has 6 nitrogen and oxygen atoms in total. The van der Waals surface area contributed by atoms with E-state index in [9.17, 15) is 4.79 Å². The summed E-state index contributed by atoms with van der Waals surface area (Å²) < 4.78 is 5.33. The van der Waals surface area contributed by atoms with Gasteiger partial charge in [-0.15, -0.1) is 0 Å². The number of carbonyl (C=O) groups excluding carboxylic acids is 1. The summed E-state index contributed by atoms with van der Waals surface area (Å²) in [6.45, 7) is 6.55. The van der Waals surface area contributed by atoms with Crippen LogP contribution in [0.1, 0.15) is 66.6 Å². The van der Waals surface area contributed by atoms with E-state index in [1.54, 1.807) is 11.3 Å². The van der Waals surface area contributed by atoms with Gasteiger partial charge in [0.15, 0.2) is 5.89 Å². The molecule has 3 heterocycles. The van der Waals surface area contributed by atoms with Gasteiger partial charge < -0.3 is 4.42 Å². The summed E-state index contributed by atoms with van der Waals surface area (Å²) >= 11 is 0. The summed E-state index contributed by atoms with van der Waals surface area (Å²) in [5.74, 6) is 1.41. The molecule has 0 unspecified atom stereocenters.